The second-order valence-corrected chi connectivity index (χ2v) is 2.95. The third-order valence-corrected chi connectivity index (χ3v) is 1.09. The van der Waals surface area contributed by atoms with Crippen molar-refractivity contribution in [2.75, 3.05) is 6.86 Å². The maximum Gasteiger partial charge on any atom is 0.522 e. The molecule has 4 N–H and O–H groups in total. The van der Waals surface area contributed by atoms with Crippen LogP contribution in [0.4, 0.5) is 17.6 Å². The monoisotopic (exact) mass is 242 g/mol. The van der Waals surface area contributed by atoms with Crippen LogP contribution in [0.1, 0.15) is 0 Å². The number of nitrogens with one attached hydrogen (secondary N) is 1. The summed E-state index contributed by atoms with van der Waals surface area (Å²) in [4.78, 5) is 0. The van der Waals surface area contributed by atoms with E-state index in [0.29, 0.717) is 0 Å². The lowest BCUT2D eigenvalue weighted by Gasteiger charge is -1.97. The van der Waals surface area contributed by atoms with Crippen molar-refractivity contribution in [2.24, 2.45) is 5.73 Å². The van der Waals surface area contributed by atoms with E-state index in [1.54, 1.807) is 0 Å². The van der Waals surface area contributed by atoms with E-state index in [-0.39, 0.29) is 0 Å². The van der Waals surface area contributed by atoms with Crippen molar-refractivity contribution in [3.63, 3.8) is 0 Å². The van der Waals surface area contributed by atoms with Gasteiger partial charge in [-0.2, -0.15) is 21.6 Å². The molecule has 14 heavy (non-hydrogen) atoms. The highest BCUT2D eigenvalue weighted by atomic mass is 32.2. The summed E-state index contributed by atoms with van der Waals surface area (Å²) in [7, 11) is -5.84. The van der Waals surface area contributed by atoms with Crippen LogP contribution in [0.5, 0.6) is 0 Å². The van der Waals surface area contributed by atoms with Crippen LogP contribution in [0.25, 0.3) is 0 Å². The molecule has 0 unspecified atom stereocenters. The molecule has 0 amide bonds. The number of rotatable bonds is 1. The predicted octanol–water partition coefficient (Wildman–Crippen LogP) is 0.217. The van der Waals surface area contributed by atoms with E-state index in [2.05, 4.69) is 10.5 Å². The van der Waals surface area contributed by atoms with Crippen LogP contribution in [0, 0.1) is 5.41 Å². The van der Waals surface area contributed by atoms with Crippen molar-refractivity contribution in [3.05, 3.63) is 0 Å². The van der Waals surface area contributed by atoms with Crippen LogP contribution in [0.15, 0.2) is 0 Å². The Labute approximate surface area is 75.9 Å². The van der Waals surface area contributed by atoms with Crippen molar-refractivity contribution in [3.8, 4) is 0 Å². The minimum absolute atomic E-state index is 0.586. The Morgan fingerprint density at radius 2 is 1.79 bits per heavy atom. The van der Waals surface area contributed by atoms with E-state index in [1.165, 1.54) is 0 Å². The quantitative estimate of drug-likeness (QED) is 0.200. The second kappa shape index (κ2) is 5.59. The summed E-state index contributed by atoms with van der Waals surface area (Å²) in [6.07, 6.45) is 0. The minimum Gasteiger partial charge on any atom is -0.434 e. The fraction of sp³-hybridized carbons (Fsp3) is 0.667. The van der Waals surface area contributed by atoms with Gasteiger partial charge in [-0.1, -0.05) is 0 Å². The van der Waals surface area contributed by atoms with Crippen LogP contribution >= 0.6 is 0 Å². The first kappa shape index (κ1) is 15.4. The highest BCUT2D eigenvalue weighted by Crippen LogP contribution is 2.20. The van der Waals surface area contributed by atoms with Gasteiger partial charge in [-0.3, -0.25) is 9.96 Å². The van der Waals surface area contributed by atoms with Crippen LogP contribution in [-0.4, -0.2) is 31.4 Å². The zero-order valence-electron chi connectivity index (χ0n) is 6.38. The third kappa shape index (κ3) is 8.99. The maximum absolute atomic E-state index is 10.8. The molecule has 11 heteroatoms. The van der Waals surface area contributed by atoms with Crippen LogP contribution in [0.2, 0.25) is 0 Å². The molecule has 0 spiro atoms. The Morgan fingerprint density at radius 1 is 1.50 bits per heavy atom. The average molecular weight is 242 g/mol. The Balaban J connectivity index is 0. The Kier molecular flexibility index (Phi) is 6.14. The average Bonchev–Trinajstić information content (AvgIpc) is 1.82. The summed E-state index contributed by atoms with van der Waals surface area (Å²) in [5.74, 6) is 0. The molecule has 0 atom stereocenters. The molecule has 0 radical (unpaired) electrons. The van der Waals surface area contributed by atoms with Crippen molar-refractivity contribution >= 4 is 16.1 Å². The number of amidine groups is 1. The fourth-order valence-electron chi connectivity index (χ4n) is 0.0588. The standard InChI is InChI=1S/C2H5FN2O.CHF3O3S/c3-1-6-2(4)5;2-1(3,4)8(5,6)7/h1H2,(H3,4,5);(H,5,6,7). The smallest absolute Gasteiger partial charge is 0.434 e. The number of hydrogen-bond donors (Lipinski definition) is 3. The van der Waals surface area contributed by atoms with Gasteiger partial charge in [0.25, 0.3) is 6.02 Å². The molecule has 0 heterocycles. The molecule has 0 saturated carbocycles. The van der Waals surface area contributed by atoms with Crippen LogP contribution in [-0.2, 0) is 14.9 Å². The fourth-order valence-corrected chi connectivity index (χ4v) is 0.0588. The summed E-state index contributed by atoms with van der Waals surface area (Å²) in [5.41, 5.74) is -1.01. The van der Waals surface area contributed by atoms with Crippen LogP contribution in [0.3, 0.4) is 0 Å². The van der Waals surface area contributed by atoms with Crippen molar-refractivity contribution in [1.82, 2.24) is 0 Å². The summed E-state index contributed by atoms with van der Waals surface area (Å²) in [5, 5.41) is 6.21. The van der Waals surface area contributed by atoms with Gasteiger partial charge < -0.3 is 10.5 Å². The van der Waals surface area contributed by atoms with E-state index in [9.17, 15) is 17.6 Å². The molecule has 86 valence electrons. The first-order valence-electron chi connectivity index (χ1n) is 2.59. The van der Waals surface area contributed by atoms with Gasteiger partial charge in [0, 0.05) is 0 Å². The number of hydrogen-bond acceptors (Lipinski definition) is 4. The molecule has 0 rings (SSSR count). The number of alkyl halides is 4. The molecule has 0 saturated heterocycles. The normalized spacial score (nSPS) is 11.2. The Hall–Kier alpha value is -1.10. The van der Waals surface area contributed by atoms with Crippen molar-refractivity contribution in [1.29, 1.82) is 5.41 Å². The summed E-state index contributed by atoms with van der Waals surface area (Å²) < 4.78 is 72.1. The van der Waals surface area contributed by atoms with Gasteiger partial charge in [-0.25, -0.2) is 4.39 Å². The lowest BCUT2D eigenvalue weighted by molar-refractivity contribution is -0.0510. The molecule has 0 aromatic heterocycles. The van der Waals surface area contributed by atoms with Gasteiger partial charge >= 0.3 is 15.6 Å². The van der Waals surface area contributed by atoms with Gasteiger partial charge in [0.2, 0.25) is 6.86 Å². The Morgan fingerprint density at radius 3 is 1.79 bits per heavy atom. The lowest BCUT2D eigenvalue weighted by Crippen LogP contribution is -2.21. The summed E-state index contributed by atoms with van der Waals surface area (Å²) in [6, 6.07) is -0.586. The number of halogens is 4. The first-order chi connectivity index (χ1) is 6.02. The van der Waals surface area contributed by atoms with Gasteiger partial charge in [0.15, 0.2) is 0 Å². The highest BCUT2D eigenvalue weighted by molar-refractivity contribution is 7.86. The summed E-state index contributed by atoms with van der Waals surface area (Å²) >= 11 is 0. The molecule has 0 aliphatic carbocycles. The largest absolute Gasteiger partial charge is 0.522 e. The first-order valence-corrected chi connectivity index (χ1v) is 4.03. The van der Waals surface area contributed by atoms with E-state index in [1.807, 2.05) is 0 Å². The second-order valence-electron chi connectivity index (χ2n) is 1.54. The topological polar surface area (TPSA) is 113 Å². The van der Waals surface area contributed by atoms with E-state index >= 15 is 0 Å². The van der Waals surface area contributed by atoms with E-state index in [0.717, 1.165) is 0 Å². The molecule has 0 bridgehead atoms. The SMILES string of the molecule is N=C(N)OCF.O=S(=O)(O)C(F)(F)F. The Bertz CT molecular complexity index is 273. The van der Waals surface area contributed by atoms with Gasteiger partial charge in [0.05, 0.1) is 0 Å². The molecule has 0 aliphatic heterocycles. The maximum atomic E-state index is 10.8. The predicted molar refractivity (Wildman–Crippen MR) is 36.6 cm³/mol. The minimum atomic E-state index is -5.84. The van der Waals surface area contributed by atoms with E-state index < -0.39 is 28.5 Å². The van der Waals surface area contributed by atoms with Crippen LogP contribution < -0.4 is 5.73 Å². The zero-order valence-corrected chi connectivity index (χ0v) is 7.19. The van der Waals surface area contributed by atoms with Gasteiger partial charge in [-0.05, 0) is 0 Å². The van der Waals surface area contributed by atoms with Gasteiger partial charge in [-0.15, -0.1) is 0 Å². The molecule has 0 aromatic rings. The molecular weight excluding hydrogens is 236 g/mol. The van der Waals surface area contributed by atoms with E-state index in [4.69, 9.17) is 18.4 Å². The molecule has 6 nitrogen and oxygen atoms in total. The number of ether oxygens (including phenoxy) is 1. The molecule has 0 fully saturated rings. The highest BCUT2D eigenvalue weighted by Gasteiger charge is 2.44. The zero-order chi connectivity index (χ0) is 12.0. The number of nitrogens with two attached hydrogens (primary N) is 1. The van der Waals surface area contributed by atoms with Gasteiger partial charge in [0.1, 0.15) is 0 Å². The summed E-state index contributed by atoms with van der Waals surface area (Å²) in [6.45, 7) is -1.02. The van der Waals surface area contributed by atoms with Crippen molar-refractivity contribution < 1.29 is 35.3 Å². The molecule has 0 aromatic carbocycles. The lowest BCUT2D eigenvalue weighted by atomic mass is 11.2. The van der Waals surface area contributed by atoms with Crippen molar-refractivity contribution in [2.45, 2.75) is 5.51 Å². The third-order valence-electron chi connectivity index (χ3n) is 0.503. The molecule has 0 aliphatic rings. The molecular formula is C3H6F4N2O4S.